The lowest BCUT2D eigenvalue weighted by molar-refractivity contribution is 0.335. The third-order valence-electron chi connectivity index (χ3n) is 3.60. The monoisotopic (exact) mass is 332 g/mol. The molecule has 124 valence electrons. The summed E-state index contributed by atoms with van der Waals surface area (Å²) in [5.41, 5.74) is 2.39. The van der Waals surface area contributed by atoms with E-state index >= 15 is 0 Å². The van der Waals surface area contributed by atoms with E-state index in [0.29, 0.717) is 6.61 Å². The van der Waals surface area contributed by atoms with Crippen molar-refractivity contribution >= 4 is 11.6 Å². The van der Waals surface area contributed by atoms with Crippen molar-refractivity contribution in [3.63, 3.8) is 0 Å². The van der Waals surface area contributed by atoms with Crippen LogP contribution in [0.2, 0.25) is 5.02 Å². The minimum Gasteiger partial charge on any atom is -0.494 e. The lowest BCUT2D eigenvalue weighted by atomic mass is 10.1. The summed E-state index contributed by atoms with van der Waals surface area (Å²) < 4.78 is 5.62. The van der Waals surface area contributed by atoms with Crippen molar-refractivity contribution in [1.29, 1.82) is 0 Å². The second kappa shape index (κ2) is 10.3. The molecule has 0 radical (unpaired) electrons. The molecule has 0 atom stereocenters. The van der Waals surface area contributed by atoms with E-state index < -0.39 is 0 Å². The van der Waals surface area contributed by atoms with Crippen LogP contribution in [-0.2, 0) is 13.0 Å². The van der Waals surface area contributed by atoms with Gasteiger partial charge in [0.25, 0.3) is 0 Å². The van der Waals surface area contributed by atoms with Crippen LogP contribution in [0.1, 0.15) is 18.1 Å². The lowest BCUT2D eigenvalue weighted by Gasteiger charge is -2.11. The van der Waals surface area contributed by atoms with Gasteiger partial charge in [-0.3, -0.25) is 0 Å². The highest BCUT2D eigenvalue weighted by atomic mass is 35.5. The smallest absolute Gasteiger partial charge is 0.123 e. The van der Waals surface area contributed by atoms with Crippen LogP contribution in [0, 0.1) is 0 Å². The number of ether oxygens (including phenoxy) is 1. The molecule has 2 rings (SSSR count). The molecular formula is C19H25ClN2O. The summed E-state index contributed by atoms with van der Waals surface area (Å²) in [4.78, 5) is 0. The van der Waals surface area contributed by atoms with Gasteiger partial charge in [0.05, 0.1) is 6.61 Å². The van der Waals surface area contributed by atoms with E-state index in [1.807, 2.05) is 43.3 Å². The van der Waals surface area contributed by atoms with Crippen molar-refractivity contribution in [2.75, 3.05) is 26.2 Å². The van der Waals surface area contributed by atoms with E-state index in [0.717, 1.165) is 43.4 Å². The molecule has 0 bridgehead atoms. The van der Waals surface area contributed by atoms with Crippen LogP contribution in [0.15, 0.2) is 48.5 Å². The minimum atomic E-state index is 0.695. The molecule has 4 heteroatoms. The molecule has 0 spiro atoms. The van der Waals surface area contributed by atoms with Gasteiger partial charge in [-0.25, -0.2) is 0 Å². The molecule has 0 aliphatic heterocycles. The molecule has 0 fully saturated rings. The van der Waals surface area contributed by atoms with E-state index in [-0.39, 0.29) is 0 Å². The Kier molecular flexibility index (Phi) is 7.95. The summed E-state index contributed by atoms with van der Waals surface area (Å²) in [7, 11) is 0. The van der Waals surface area contributed by atoms with Crippen LogP contribution < -0.4 is 15.4 Å². The first-order valence-electron chi connectivity index (χ1n) is 8.16. The molecule has 0 amide bonds. The fourth-order valence-electron chi connectivity index (χ4n) is 2.40. The Morgan fingerprint density at radius 1 is 0.870 bits per heavy atom. The minimum absolute atomic E-state index is 0.695. The Morgan fingerprint density at radius 2 is 1.57 bits per heavy atom. The van der Waals surface area contributed by atoms with Gasteiger partial charge < -0.3 is 15.4 Å². The SMILES string of the molecule is CCOc1ccccc1CNCCNCCc1ccccc1Cl. The van der Waals surface area contributed by atoms with Crippen LogP contribution in [0.4, 0.5) is 0 Å². The normalized spacial score (nSPS) is 10.7. The maximum atomic E-state index is 6.14. The Morgan fingerprint density at radius 3 is 2.35 bits per heavy atom. The Bertz CT molecular complexity index is 589. The van der Waals surface area contributed by atoms with E-state index in [9.17, 15) is 0 Å². The lowest BCUT2D eigenvalue weighted by Crippen LogP contribution is -2.28. The Labute approximate surface area is 144 Å². The van der Waals surface area contributed by atoms with Crippen LogP contribution >= 0.6 is 11.6 Å². The van der Waals surface area contributed by atoms with E-state index in [1.54, 1.807) is 0 Å². The van der Waals surface area contributed by atoms with Gasteiger partial charge >= 0.3 is 0 Å². The zero-order valence-electron chi connectivity index (χ0n) is 13.6. The van der Waals surface area contributed by atoms with Gasteiger partial charge in [-0.2, -0.15) is 0 Å². The van der Waals surface area contributed by atoms with Crippen LogP contribution in [-0.4, -0.2) is 26.2 Å². The number of para-hydroxylation sites is 1. The highest BCUT2D eigenvalue weighted by Crippen LogP contribution is 2.17. The Hall–Kier alpha value is -1.55. The van der Waals surface area contributed by atoms with Gasteiger partial charge in [-0.15, -0.1) is 0 Å². The van der Waals surface area contributed by atoms with Crippen LogP contribution in [0.5, 0.6) is 5.75 Å². The standard InChI is InChI=1S/C19H25ClN2O/c1-2-23-19-10-6-4-8-17(19)15-22-14-13-21-12-11-16-7-3-5-9-18(16)20/h3-10,21-22H,2,11-15H2,1H3. The van der Waals surface area contributed by atoms with Gasteiger partial charge in [0.1, 0.15) is 5.75 Å². The number of halogens is 1. The van der Waals surface area contributed by atoms with Gasteiger partial charge in [-0.1, -0.05) is 48.0 Å². The highest BCUT2D eigenvalue weighted by molar-refractivity contribution is 6.31. The Balaban J connectivity index is 1.60. The van der Waals surface area contributed by atoms with E-state index in [2.05, 4.69) is 22.8 Å². The first-order valence-corrected chi connectivity index (χ1v) is 8.54. The van der Waals surface area contributed by atoms with Crippen molar-refractivity contribution in [1.82, 2.24) is 10.6 Å². The summed E-state index contributed by atoms with van der Waals surface area (Å²) in [6, 6.07) is 16.2. The molecule has 23 heavy (non-hydrogen) atoms. The second-order valence-corrected chi connectivity index (χ2v) is 5.72. The molecule has 2 aromatic rings. The molecule has 0 saturated heterocycles. The molecule has 0 heterocycles. The average Bonchev–Trinajstić information content (AvgIpc) is 2.57. The van der Waals surface area contributed by atoms with Gasteiger partial charge in [0.15, 0.2) is 0 Å². The summed E-state index contributed by atoms with van der Waals surface area (Å²) in [5, 5.41) is 7.72. The molecule has 0 aromatic heterocycles. The fourth-order valence-corrected chi connectivity index (χ4v) is 2.63. The third kappa shape index (κ3) is 6.22. The van der Waals surface area contributed by atoms with Crippen molar-refractivity contribution < 1.29 is 4.74 Å². The van der Waals surface area contributed by atoms with E-state index in [1.165, 1.54) is 11.1 Å². The van der Waals surface area contributed by atoms with Gasteiger partial charge in [0, 0.05) is 30.2 Å². The van der Waals surface area contributed by atoms with E-state index in [4.69, 9.17) is 16.3 Å². The molecule has 0 aliphatic carbocycles. The number of nitrogens with one attached hydrogen (secondary N) is 2. The number of hydrogen-bond donors (Lipinski definition) is 2. The maximum Gasteiger partial charge on any atom is 0.123 e. The fraction of sp³-hybridized carbons (Fsp3) is 0.368. The predicted octanol–water partition coefficient (Wildman–Crippen LogP) is 3.66. The number of benzene rings is 2. The molecule has 2 N–H and O–H groups in total. The second-order valence-electron chi connectivity index (χ2n) is 5.31. The first-order chi connectivity index (χ1) is 11.3. The summed E-state index contributed by atoms with van der Waals surface area (Å²) in [5.74, 6) is 0.967. The zero-order valence-corrected chi connectivity index (χ0v) is 14.4. The molecule has 0 saturated carbocycles. The summed E-state index contributed by atoms with van der Waals surface area (Å²) >= 11 is 6.14. The third-order valence-corrected chi connectivity index (χ3v) is 3.96. The molecular weight excluding hydrogens is 308 g/mol. The average molecular weight is 333 g/mol. The summed E-state index contributed by atoms with van der Waals surface area (Å²) in [6.07, 6.45) is 0.951. The van der Waals surface area contributed by atoms with Crippen molar-refractivity contribution in [3.05, 3.63) is 64.7 Å². The van der Waals surface area contributed by atoms with Crippen LogP contribution in [0.3, 0.4) is 0 Å². The topological polar surface area (TPSA) is 33.3 Å². The molecule has 0 aliphatic rings. The number of hydrogen-bond acceptors (Lipinski definition) is 3. The summed E-state index contributed by atoms with van der Waals surface area (Å²) in [6.45, 7) is 6.31. The first kappa shape index (κ1) is 17.8. The quantitative estimate of drug-likeness (QED) is 0.651. The maximum absolute atomic E-state index is 6.14. The van der Waals surface area contributed by atoms with Gasteiger partial charge in [0.2, 0.25) is 0 Å². The highest BCUT2D eigenvalue weighted by Gasteiger charge is 2.01. The molecule has 2 aromatic carbocycles. The van der Waals surface area contributed by atoms with Gasteiger partial charge in [-0.05, 0) is 37.6 Å². The largest absolute Gasteiger partial charge is 0.494 e. The van der Waals surface area contributed by atoms with Crippen LogP contribution in [0.25, 0.3) is 0 Å². The predicted molar refractivity (Wildman–Crippen MR) is 97.3 cm³/mol. The zero-order chi connectivity index (χ0) is 16.3. The van der Waals surface area contributed by atoms with Crippen molar-refractivity contribution in [2.24, 2.45) is 0 Å². The molecule has 0 unspecified atom stereocenters. The van der Waals surface area contributed by atoms with Crippen molar-refractivity contribution in [2.45, 2.75) is 19.9 Å². The number of rotatable bonds is 10. The molecule has 3 nitrogen and oxygen atoms in total. The van der Waals surface area contributed by atoms with Crippen molar-refractivity contribution in [3.8, 4) is 5.75 Å².